The second-order valence-corrected chi connectivity index (χ2v) is 3.74. The van der Waals surface area contributed by atoms with E-state index in [4.69, 9.17) is 5.11 Å². The van der Waals surface area contributed by atoms with Crippen LogP contribution in [0.1, 0.15) is 5.56 Å². The van der Waals surface area contributed by atoms with Gasteiger partial charge in [-0.2, -0.15) is 0 Å². The molecule has 0 aliphatic rings. The number of halogens is 2. The van der Waals surface area contributed by atoms with Crippen molar-refractivity contribution in [3.63, 3.8) is 0 Å². The Bertz CT molecular complexity index is 599. The van der Waals surface area contributed by atoms with E-state index in [-0.39, 0.29) is 5.56 Å². The molecule has 1 heterocycles. The number of hydrogen-bond donors (Lipinski definition) is 1. The average Bonchev–Trinajstić information content (AvgIpc) is 2.31. The molecule has 0 fully saturated rings. The molecule has 5 heteroatoms. The minimum atomic E-state index is -1.13. The van der Waals surface area contributed by atoms with Crippen molar-refractivity contribution in [2.75, 3.05) is 0 Å². The lowest BCUT2D eigenvalue weighted by molar-refractivity contribution is -0.136. The second-order valence-electron chi connectivity index (χ2n) is 3.74. The Kier molecular flexibility index (Phi) is 3.32. The van der Waals surface area contributed by atoms with Crippen molar-refractivity contribution < 1.29 is 18.7 Å². The predicted octanol–water partition coefficient (Wildman–Crippen LogP) is 2.65. The Morgan fingerprint density at radius 3 is 2.72 bits per heavy atom. The molecule has 0 atom stereocenters. The Hall–Kier alpha value is -2.30. The zero-order valence-electron chi connectivity index (χ0n) is 9.23. The predicted molar refractivity (Wildman–Crippen MR) is 60.9 cm³/mol. The van der Waals surface area contributed by atoms with E-state index in [1.807, 2.05) is 0 Å². The van der Waals surface area contributed by atoms with Crippen molar-refractivity contribution in [1.29, 1.82) is 0 Å². The average molecular weight is 249 g/mol. The van der Waals surface area contributed by atoms with Gasteiger partial charge in [0.1, 0.15) is 11.6 Å². The van der Waals surface area contributed by atoms with E-state index >= 15 is 0 Å². The Morgan fingerprint density at radius 1 is 1.28 bits per heavy atom. The number of carbonyl (C=O) groups is 1. The Balaban J connectivity index is 2.43. The summed E-state index contributed by atoms with van der Waals surface area (Å²) in [7, 11) is 0. The minimum absolute atomic E-state index is 0.0248. The SMILES string of the molecule is O=C(O)Cc1cc(-c2cccc(F)c2)ncc1F. The van der Waals surface area contributed by atoms with E-state index in [2.05, 4.69) is 4.98 Å². The summed E-state index contributed by atoms with van der Waals surface area (Å²) in [4.78, 5) is 14.4. The highest BCUT2D eigenvalue weighted by Crippen LogP contribution is 2.20. The number of rotatable bonds is 3. The van der Waals surface area contributed by atoms with Crippen LogP contribution in [0.4, 0.5) is 8.78 Å². The van der Waals surface area contributed by atoms with Gasteiger partial charge in [-0.05, 0) is 18.2 Å². The van der Waals surface area contributed by atoms with E-state index in [9.17, 15) is 13.6 Å². The third kappa shape index (κ3) is 2.68. The molecule has 0 unspecified atom stereocenters. The fourth-order valence-electron chi connectivity index (χ4n) is 1.58. The molecule has 0 aliphatic carbocycles. The Morgan fingerprint density at radius 2 is 2.06 bits per heavy atom. The highest BCUT2D eigenvalue weighted by Gasteiger charge is 2.10. The first-order chi connectivity index (χ1) is 8.56. The van der Waals surface area contributed by atoms with E-state index in [1.165, 1.54) is 24.3 Å². The molecule has 0 amide bonds. The number of hydrogen-bond acceptors (Lipinski definition) is 2. The fraction of sp³-hybridized carbons (Fsp3) is 0.0769. The normalized spacial score (nSPS) is 10.3. The molecular formula is C13H9F2NO2. The highest BCUT2D eigenvalue weighted by molar-refractivity contribution is 5.71. The second kappa shape index (κ2) is 4.91. The van der Waals surface area contributed by atoms with Crippen LogP contribution in [-0.2, 0) is 11.2 Å². The molecule has 1 N–H and O–H groups in total. The van der Waals surface area contributed by atoms with Crippen molar-refractivity contribution in [3.8, 4) is 11.3 Å². The van der Waals surface area contributed by atoms with Gasteiger partial charge in [-0.3, -0.25) is 9.78 Å². The first kappa shape index (κ1) is 12.2. The van der Waals surface area contributed by atoms with Gasteiger partial charge in [-0.1, -0.05) is 12.1 Å². The molecule has 3 nitrogen and oxygen atoms in total. The van der Waals surface area contributed by atoms with E-state index < -0.39 is 24.0 Å². The highest BCUT2D eigenvalue weighted by atomic mass is 19.1. The molecule has 18 heavy (non-hydrogen) atoms. The third-order valence-corrected chi connectivity index (χ3v) is 2.40. The lowest BCUT2D eigenvalue weighted by Crippen LogP contribution is -2.03. The van der Waals surface area contributed by atoms with Crippen LogP contribution in [0.25, 0.3) is 11.3 Å². The summed E-state index contributed by atoms with van der Waals surface area (Å²) < 4.78 is 26.4. The lowest BCUT2D eigenvalue weighted by Gasteiger charge is -2.04. The summed E-state index contributed by atoms with van der Waals surface area (Å²) in [5.41, 5.74) is 0.838. The topological polar surface area (TPSA) is 50.2 Å². The summed E-state index contributed by atoms with van der Waals surface area (Å²) in [6, 6.07) is 6.98. The minimum Gasteiger partial charge on any atom is -0.481 e. The number of benzene rings is 1. The van der Waals surface area contributed by atoms with Crippen LogP contribution in [0.3, 0.4) is 0 Å². The maximum atomic E-state index is 13.3. The smallest absolute Gasteiger partial charge is 0.307 e. The molecule has 0 spiro atoms. The van der Waals surface area contributed by atoms with E-state index in [0.29, 0.717) is 11.3 Å². The quantitative estimate of drug-likeness (QED) is 0.909. The largest absolute Gasteiger partial charge is 0.481 e. The molecule has 1 aromatic carbocycles. The number of nitrogens with zero attached hydrogens (tertiary/aromatic N) is 1. The molecular weight excluding hydrogens is 240 g/mol. The van der Waals surface area contributed by atoms with Gasteiger partial charge >= 0.3 is 5.97 Å². The molecule has 2 aromatic rings. The fourth-order valence-corrected chi connectivity index (χ4v) is 1.58. The van der Waals surface area contributed by atoms with Crippen LogP contribution in [0, 0.1) is 11.6 Å². The van der Waals surface area contributed by atoms with Crippen LogP contribution in [0.15, 0.2) is 36.5 Å². The van der Waals surface area contributed by atoms with Gasteiger partial charge in [0.15, 0.2) is 0 Å². The molecule has 1 aromatic heterocycles. The molecule has 0 saturated heterocycles. The first-order valence-electron chi connectivity index (χ1n) is 5.18. The number of pyridine rings is 1. The van der Waals surface area contributed by atoms with Crippen molar-refractivity contribution in [1.82, 2.24) is 4.98 Å². The third-order valence-electron chi connectivity index (χ3n) is 2.40. The maximum absolute atomic E-state index is 13.3. The van der Waals surface area contributed by atoms with Crippen LogP contribution in [0.5, 0.6) is 0 Å². The van der Waals surface area contributed by atoms with Crippen molar-refractivity contribution in [2.45, 2.75) is 6.42 Å². The Labute approximate surface area is 102 Å². The zero-order chi connectivity index (χ0) is 13.1. The van der Waals surface area contributed by atoms with Gasteiger partial charge in [-0.15, -0.1) is 0 Å². The molecule has 92 valence electrons. The first-order valence-corrected chi connectivity index (χ1v) is 5.18. The van der Waals surface area contributed by atoms with Crippen molar-refractivity contribution in [2.24, 2.45) is 0 Å². The van der Waals surface area contributed by atoms with Gasteiger partial charge in [0.25, 0.3) is 0 Å². The van der Waals surface area contributed by atoms with Gasteiger partial charge in [0.2, 0.25) is 0 Å². The summed E-state index contributed by atoms with van der Waals surface area (Å²) in [5.74, 6) is -2.25. The van der Waals surface area contributed by atoms with E-state index in [0.717, 1.165) is 6.20 Å². The van der Waals surface area contributed by atoms with Crippen LogP contribution < -0.4 is 0 Å². The zero-order valence-corrected chi connectivity index (χ0v) is 9.23. The van der Waals surface area contributed by atoms with Crippen LogP contribution in [0.2, 0.25) is 0 Å². The molecule has 0 radical (unpaired) electrons. The number of carboxylic acids is 1. The van der Waals surface area contributed by atoms with Crippen LogP contribution >= 0.6 is 0 Å². The monoisotopic (exact) mass is 249 g/mol. The molecule has 0 saturated carbocycles. The van der Waals surface area contributed by atoms with Crippen molar-refractivity contribution in [3.05, 3.63) is 53.7 Å². The number of carboxylic acid groups (broad SMARTS) is 1. The van der Waals surface area contributed by atoms with Gasteiger partial charge < -0.3 is 5.11 Å². The van der Waals surface area contributed by atoms with Gasteiger partial charge in [0, 0.05) is 11.1 Å². The number of aromatic nitrogens is 1. The molecule has 0 bridgehead atoms. The summed E-state index contributed by atoms with van der Waals surface area (Å²) in [6.45, 7) is 0. The van der Waals surface area contributed by atoms with Crippen molar-refractivity contribution >= 4 is 5.97 Å². The van der Waals surface area contributed by atoms with Gasteiger partial charge in [0.05, 0.1) is 18.3 Å². The molecule has 0 aliphatic heterocycles. The lowest BCUT2D eigenvalue weighted by atomic mass is 10.1. The summed E-state index contributed by atoms with van der Waals surface area (Å²) >= 11 is 0. The van der Waals surface area contributed by atoms with Gasteiger partial charge in [-0.25, -0.2) is 8.78 Å². The van der Waals surface area contributed by atoms with E-state index in [1.54, 1.807) is 6.07 Å². The summed E-state index contributed by atoms with van der Waals surface area (Å²) in [5, 5.41) is 8.65. The number of aliphatic carboxylic acids is 1. The standard InChI is InChI=1S/C13H9F2NO2/c14-10-3-1-2-8(4-10)12-5-9(6-13(17)18)11(15)7-16-12/h1-5,7H,6H2,(H,17,18). The molecule has 2 rings (SSSR count). The maximum Gasteiger partial charge on any atom is 0.307 e. The van der Waals surface area contributed by atoms with Crippen LogP contribution in [-0.4, -0.2) is 16.1 Å². The summed E-state index contributed by atoms with van der Waals surface area (Å²) in [6.07, 6.45) is 0.509.